The van der Waals surface area contributed by atoms with E-state index in [2.05, 4.69) is 10.6 Å². The van der Waals surface area contributed by atoms with Gasteiger partial charge in [0.1, 0.15) is 11.5 Å². The van der Waals surface area contributed by atoms with Crippen LogP contribution in [0.5, 0.6) is 11.5 Å². The van der Waals surface area contributed by atoms with Gasteiger partial charge in [-0.2, -0.15) is 0 Å². The molecule has 2 fully saturated rings. The lowest BCUT2D eigenvalue weighted by molar-refractivity contribution is -0.130. The number of hydrogen-bond donors (Lipinski definition) is 2. The first-order valence-corrected chi connectivity index (χ1v) is 9.03. The zero-order valence-electron chi connectivity index (χ0n) is 14.5. The highest BCUT2D eigenvalue weighted by Crippen LogP contribution is 2.36. The van der Waals surface area contributed by atoms with Crippen LogP contribution >= 0.6 is 23.2 Å². The summed E-state index contributed by atoms with van der Waals surface area (Å²) < 4.78 is 10.8. The molecule has 28 heavy (non-hydrogen) atoms. The van der Waals surface area contributed by atoms with Gasteiger partial charge >= 0.3 is 12.1 Å². The van der Waals surface area contributed by atoms with E-state index in [0.717, 1.165) is 9.80 Å². The van der Waals surface area contributed by atoms with E-state index in [4.69, 9.17) is 32.7 Å². The molecule has 2 N–H and O–H groups in total. The van der Waals surface area contributed by atoms with Gasteiger partial charge in [0, 0.05) is 32.2 Å². The molecule has 0 saturated carbocycles. The molecule has 0 spiro atoms. The lowest BCUT2D eigenvalue weighted by atomic mass is 10.3. The molecule has 3 rings (SSSR count). The van der Waals surface area contributed by atoms with Crippen molar-refractivity contribution in [2.24, 2.45) is 0 Å². The Hall–Kier alpha value is -2.72. The Balaban J connectivity index is 1.61. The van der Waals surface area contributed by atoms with E-state index in [1.54, 1.807) is 0 Å². The number of urea groups is 2. The van der Waals surface area contributed by atoms with Crippen molar-refractivity contribution < 1.29 is 28.7 Å². The van der Waals surface area contributed by atoms with Crippen LogP contribution in [0.1, 0.15) is 0 Å². The van der Waals surface area contributed by atoms with Crippen LogP contribution < -0.4 is 20.1 Å². The molecule has 0 bridgehead atoms. The first-order chi connectivity index (χ1) is 13.4. The number of nitrogens with one attached hydrogen (secondary N) is 2. The smallest absolute Gasteiger partial charge is 0.324 e. The van der Waals surface area contributed by atoms with Crippen LogP contribution in [-0.2, 0) is 9.59 Å². The van der Waals surface area contributed by atoms with Gasteiger partial charge in [-0.1, -0.05) is 23.2 Å². The number of hydrogen-bond acceptors (Lipinski definition) is 6. The molecule has 12 heteroatoms. The van der Waals surface area contributed by atoms with Crippen LogP contribution in [0.15, 0.2) is 12.1 Å². The number of amides is 6. The van der Waals surface area contributed by atoms with Crippen molar-refractivity contribution in [2.45, 2.75) is 0 Å². The summed E-state index contributed by atoms with van der Waals surface area (Å²) in [6, 6.07) is 1.71. The van der Waals surface area contributed by atoms with Crippen molar-refractivity contribution in [1.82, 2.24) is 20.4 Å². The molecule has 2 aliphatic heterocycles. The Bertz CT molecular complexity index is 770. The van der Waals surface area contributed by atoms with E-state index >= 15 is 0 Å². The van der Waals surface area contributed by atoms with Gasteiger partial charge in [0.2, 0.25) is 0 Å². The van der Waals surface area contributed by atoms with Crippen molar-refractivity contribution in [3.63, 3.8) is 0 Å². The van der Waals surface area contributed by atoms with Crippen LogP contribution in [0.3, 0.4) is 0 Å². The second kappa shape index (κ2) is 8.53. The number of halogens is 2. The number of carbonyl (C=O) groups excluding carboxylic acids is 4. The largest absolute Gasteiger partial charge is 0.482 e. The predicted octanol–water partition coefficient (Wildman–Crippen LogP) is 0.855. The third-order valence-corrected chi connectivity index (χ3v) is 4.60. The van der Waals surface area contributed by atoms with E-state index in [1.807, 2.05) is 0 Å². The lowest BCUT2D eigenvalue weighted by Gasteiger charge is -2.16. The van der Waals surface area contributed by atoms with Crippen LogP contribution in [0.2, 0.25) is 10.0 Å². The zero-order valence-corrected chi connectivity index (χ0v) is 16.0. The number of imide groups is 2. The summed E-state index contributed by atoms with van der Waals surface area (Å²) in [4.78, 5) is 49.1. The van der Waals surface area contributed by atoms with Crippen LogP contribution in [0.4, 0.5) is 9.59 Å². The van der Waals surface area contributed by atoms with Gasteiger partial charge in [0.05, 0.1) is 10.0 Å². The van der Waals surface area contributed by atoms with Gasteiger partial charge in [0.15, 0.2) is 13.2 Å². The summed E-state index contributed by atoms with van der Waals surface area (Å²) in [5.74, 6) is -0.863. The normalized spacial score (nSPS) is 16.1. The number of carbonyl (C=O) groups is 4. The van der Waals surface area contributed by atoms with Crippen molar-refractivity contribution in [3.8, 4) is 11.5 Å². The second-order valence-electron chi connectivity index (χ2n) is 5.85. The monoisotopic (exact) mass is 430 g/mol. The van der Waals surface area contributed by atoms with E-state index < -0.39 is 37.1 Å². The minimum Gasteiger partial charge on any atom is -0.482 e. The molecule has 10 nitrogen and oxygen atoms in total. The average Bonchev–Trinajstić information content (AvgIpc) is 3.27. The van der Waals surface area contributed by atoms with E-state index in [9.17, 15) is 19.2 Å². The highest BCUT2D eigenvalue weighted by atomic mass is 35.5. The van der Waals surface area contributed by atoms with Gasteiger partial charge in [0.25, 0.3) is 11.8 Å². The SMILES string of the molecule is O=C(COc1cc(OCC(=O)N2CCNC2=O)c(Cl)cc1Cl)N1CCNC1=O. The molecule has 2 aliphatic rings. The molecule has 6 amide bonds. The third kappa shape index (κ3) is 4.39. The maximum absolute atomic E-state index is 12.0. The fourth-order valence-corrected chi connectivity index (χ4v) is 3.08. The van der Waals surface area contributed by atoms with Gasteiger partial charge in [-0.25, -0.2) is 9.59 Å². The van der Waals surface area contributed by atoms with Gasteiger partial charge in [-0.15, -0.1) is 0 Å². The summed E-state index contributed by atoms with van der Waals surface area (Å²) >= 11 is 12.1. The molecule has 1 aromatic rings. The molecular formula is C16H16Cl2N4O6. The Morgan fingerprint density at radius 1 is 0.857 bits per heavy atom. The standard InChI is InChI=1S/C16H16Cl2N4O6/c17-9-5-10(18)12(28-8-14(24)22-4-2-20-16(22)26)6-11(9)27-7-13(23)21-3-1-19-15(21)25/h5-6H,1-4,7-8H2,(H,19,25)(H,20,26). The van der Waals surface area contributed by atoms with E-state index in [0.29, 0.717) is 13.1 Å². The first kappa shape index (κ1) is 20.0. The predicted molar refractivity (Wildman–Crippen MR) is 97.7 cm³/mol. The fraction of sp³-hybridized carbons (Fsp3) is 0.375. The molecule has 150 valence electrons. The molecular weight excluding hydrogens is 415 g/mol. The van der Waals surface area contributed by atoms with Crippen LogP contribution in [-0.4, -0.2) is 73.1 Å². The Kier molecular flexibility index (Phi) is 6.10. The van der Waals surface area contributed by atoms with Gasteiger partial charge < -0.3 is 20.1 Å². The highest BCUT2D eigenvalue weighted by molar-refractivity contribution is 6.36. The molecule has 2 heterocycles. The molecule has 1 aromatic carbocycles. The number of ether oxygens (including phenoxy) is 2. The van der Waals surface area contributed by atoms with Gasteiger partial charge in [-0.3, -0.25) is 19.4 Å². The Labute approximate surface area is 169 Å². The molecule has 0 radical (unpaired) electrons. The maximum atomic E-state index is 12.0. The Morgan fingerprint density at radius 3 is 1.64 bits per heavy atom. The number of nitrogens with zero attached hydrogens (tertiary/aromatic N) is 2. The summed E-state index contributed by atoms with van der Waals surface area (Å²) in [5, 5.41) is 5.28. The lowest BCUT2D eigenvalue weighted by Crippen LogP contribution is -2.37. The van der Waals surface area contributed by atoms with Crippen molar-refractivity contribution >= 4 is 47.1 Å². The van der Waals surface area contributed by atoms with Crippen molar-refractivity contribution in [2.75, 3.05) is 39.4 Å². The zero-order chi connectivity index (χ0) is 20.3. The second-order valence-corrected chi connectivity index (χ2v) is 6.66. The van der Waals surface area contributed by atoms with E-state index in [-0.39, 0.29) is 34.6 Å². The summed E-state index contributed by atoms with van der Waals surface area (Å²) in [6.07, 6.45) is 0. The Morgan fingerprint density at radius 2 is 1.29 bits per heavy atom. The first-order valence-electron chi connectivity index (χ1n) is 8.28. The highest BCUT2D eigenvalue weighted by Gasteiger charge is 2.28. The fourth-order valence-electron chi connectivity index (χ4n) is 2.59. The van der Waals surface area contributed by atoms with Crippen molar-refractivity contribution in [1.29, 1.82) is 0 Å². The number of rotatable bonds is 6. The van der Waals surface area contributed by atoms with Crippen LogP contribution in [0, 0.1) is 0 Å². The quantitative estimate of drug-likeness (QED) is 0.690. The third-order valence-electron chi connectivity index (χ3n) is 4.00. The average molecular weight is 431 g/mol. The topological polar surface area (TPSA) is 117 Å². The summed E-state index contributed by atoms with van der Waals surface area (Å²) in [7, 11) is 0. The minimum atomic E-state index is -0.529. The molecule has 2 saturated heterocycles. The molecule has 0 unspecified atom stereocenters. The van der Waals surface area contributed by atoms with Gasteiger partial charge in [-0.05, 0) is 6.07 Å². The molecule has 0 atom stereocenters. The number of benzene rings is 1. The molecule has 0 aliphatic carbocycles. The van der Waals surface area contributed by atoms with Crippen LogP contribution in [0.25, 0.3) is 0 Å². The summed E-state index contributed by atoms with van der Waals surface area (Å²) in [5.41, 5.74) is 0. The summed E-state index contributed by atoms with van der Waals surface area (Å²) in [6.45, 7) is 0.453. The minimum absolute atomic E-state index is 0.0976. The molecule has 0 aromatic heterocycles. The van der Waals surface area contributed by atoms with E-state index in [1.165, 1.54) is 12.1 Å². The maximum Gasteiger partial charge on any atom is 0.324 e. The van der Waals surface area contributed by atoms with Crippen molar-refractivity contribution in [3.05, 3.63) is 22.2 Å².